The van der Waals surface area contributed by atoms with E-state index in [2.05, 4.69) is 13.2 Å². The first-order valence-electron chi connectivity index (χ1n) is 6.35. The van der Waals surface area contributed by atoms with Gasteiger partial charge in [0.2, 0.25) is 0 Å². The Balaban J connectivity index is 2.49. The first kappa shape index (κ1) is 16.3. The summed E-state index contributed by atoms with van der Waals surface area (Å²) in [5.41, 5.74) is 0.437. The van der Waals surface area contributed by atoms with E-state index >= 15 is 0 Å². The molecule has 0 fully saturated rings. The van der Waals surface area contributed by atoms with Crippen LogP contribution in [0.3, 0.4) is 0 Å². The number of carbonyl (C=O) groups excluding carboxylic acids is 1. The van der Waals surface area contributed by atoms with Crippen LogP contribution in [0.4, 0.5) is 5.69 Å². The molecular formula is C16H13Cl2NO3. The molecule has 4 nitrogen and oxygen atoms in total. The molecule has 2 aromatic rings. The molecule has 0 spiro atoms. The van der Waals surface area contributed by atoms with Crippen LogP contribution >= 0.6 is 23.2 Å². The molecule has 0 bridgehead atoms. The van der Waals surface area contributed by atoms with Crippen LogP contribution in [-0.2, 0) is 0 Å². The summed E-state index contributed by atoms with van der Waals surface area (Å²) in [4.78, 5) is 24.2. The normalized spacial score (nSPS) is 10.5. The molecule has 0 aliphatic heterocycles. The molecule has 6 heteroatoms. The van der Waals surface area contributed by atoms with Gasteiger partial charge in [0.05, 0.1) is 13.1 Å². The van der Waals surface area contributed by atoms with E-state index in [4.69, 9.17) is 27.6 Å². The molecule has 0 radical (unpaired) electrons. The van der Waals surface area contributed by atoms with Gasteiger partial charge in [-0.3, -0.25) is 4.79 Å². The van der Waals surface area contributed by atoms with E-state index in [-0.39, 0.29) is 5.56 Å². The van der Waals surface area contributed by atoms with Gasteiger partial charge < -0.3 is 9.32 Å². The summed E-state index contributed by atoms with van der Waals surface area (Å²) in [5, 5.41) is 1.53. The molecule has 0 amide bonds. The van der Waals surface area contributed by atoms with Crippen molar-refractivity contribution in [1.82, 2.24) is 0 Å². The number of aldehydes is 1. The largest absolute Gasteiger partial charge is 0.422 e. The van der Waals surface area contributed by atoms with E-state index in [1.807, 2.05) is 11.0 Å². The zero-order valence-electron chi connectivity index (χ0n) is 11.6. The van der Waals surface area contributed by atoms with Crippen LogP contribution in [0.5, 0.6) is 0 Å². The number of fused-ring (bicyclic) bond motifs is 1. The van der Waals surface area contributed by atoms with Crippen molar-refractivity contribution < 1.29 is 9.21 Å². The highest BCUT2D eigenvalue weighted by atomic mass is 35.5. The van der Waals surface area contributed by atoms with Crippen molar-refractivity contribution in [3.8, 4) is 0 Å². The van der Waals surface area contributed by atoms with Gasteiger partial charge in [-0.25, -0.2) is 4.79 Å². The highest BCUT2D eigenvalue weighted by molar-refractivity contribution is 6.30. The summed E-state index contributed by atoms with van der Waals surface area (Å²) in [6.07, 6.45) is 0.473. The maximum atomic E-state index is 11.6. The quantitative estimate of drug-likeness (QED) is 0.592. The molecule has 1 aromatic heterocycles. The third kappa shape index (κ3) is 3.78. The van der Waals surface area contributed by atoms with Gasteiger partial charge in [-0.05, 0) is 18.2 Å². The fraction of sp³-hybridized carbons (Fsp3) is 0.125. The number of hydrogen-bond acceptors (Lipinski definition) is 4. The van der Waals surface area contributed by atoms with E-state index in [0.29, 0.717) is 40.4 Å². The van der Waals surface area contributed by atoms with Crippen LogP contribution in [0.1, 0.15) is 10.4 Å². The summed E-state index contributed by atoms with van der Waals surface area (Å²) < 4.78 is 5.16. The lowest BCUT2D eigenvalue weighted by molar-refractivity contribution is 0.112. The van der Waals surface area contributed by atoms with Crippen molar-refractivity contribution in [3.05, 3.63) is 63.5 Å². The Morgan fingerprint density at radius 2 is 1.82 bits per heavy atom. The topological polar surface area (TPSA) is 50.5 Å². The van der Waals surface area contributed by atoms with Crippen LogP contribution in [-0.4, -0.2) is 19.4 Å². The minimum Gasteiger partial charge on any atom is -0.422 e. The van der Waals surface area contributed by atoms with Crippen LogP contribution < -0.4 is 10.5 Å². The fourth-order valence-corrected chi connectivity index (χ4v) is 2.34. The fourth-order valence-electron chi connectivity index (χ4n) is 2.05. The Morgan fingerprint density at radius 1 is 1.18 bits per heavy atom. The summed E-state index contributed by atoms with van der Waals surface area (Å²) in [7, 11) is 0. The van der Waals surface area contributed by atoms with Crippen molar-refractivity contribution in [2.45, 2.75) is 0 Å². The molecular weight excluding hydrogens is 325 g/mol. The second-order valence-corrected chi connectivity index (χ2v) is 5.79. The monoisotopic (exact) mass is 337 g/mol. The van der Waals surface area contributed by atoms with Gasteiger partial charge in [0.25, 0.3) is 0 Å². The predicted molar refractivity (Wildman–Crippen MR) is 90.1 cm³/mol. The molecule has 1 aromatic carbocycles. The third-order valence-corrected chi connectivity index (χ3v) is 3.20. The average molecular weight is 338 g/mol. The highest BCUT2D eigenvalue weighted by Gasteiger charge is 2.11. The van der Waals surface area contributed by atoms with E-state index in [0.717, 1.165) is 5.69 Å². The van der Waals surface area contributed by atoms with Gasteiger partial charge in [0.15, 0.2) is 6.29 Å². The SMILES string of the molecule is C=C(Cl)CN(CC(=C)Cl)c1ccc2cc(C=O)c(=O)oc2c1. The molecule has 2 rings (SSSR count). The smallest absolute Gasteiger partial charge is 0.346 e. The van der Waals surface area contributed by atoms with Gasteiger partial charge in [-0.1, -0.05) is 36.4 Å². The number of nitrogens with zero attached hydrogens (tertiary/aromatic N) is 1. The summed E-state index contributed by atoms with van der Waals surface area (Å²) in [6.45, 7) is 8.07. The molecule has 0 unspecified atom stereocenters. The van der Waals surface area contributed by atoms with Crippen molar-refractivity contribution in [2.24, 2.45) is 0 Å². The number of halogens is 2. The van der Waals surface area contributed by atoms with Crippen molar-refractivity contribution in [3.63, 3.8) is 0 Å². The van der Waals surface area contributed by atoms with Crippen LogP contribution in [0.15, 0.2) is 56.7 Å². The zero-order valence-corrected chi connectivity index (χ0v) is 13.2. The summed E-state index contributed by atoms with van der Waals surface area (Å²) in [6, 6.07) is 6.74. The molecule has 22 heavy (non-hydrogen) atoms. The average Bonchev–Trinajstić information content (AvgIpc) is 2.44. The summed E-state index contributed by atoms with van der Waals surface area (Å²) in [5.74, 6) is 0. The molecule has 0 atom stereocenters. The molecule has 0 aliphatic carbocycles. The molecule has 0 saturated carbocycles. The van der Waals surface area contributed by atoms with Gasteiger partial charge in [-0.2, -0.15) is 0 Å². The van der Waals surface area contributed by atoms with Crippen molar-refractivity contribution in [1.29, 1.82) is 0 Å². The van der Waals surface area contributed by atoms with Gasteiger partial charge >= 0.3 is 5.63 Å². The molecule has 0 aliphatic rings. The first-order valence-corrected chi connectivity index (χ1v) is 7.11. The Morgan fingerprint density at radius 3 is 2.36 bits per heavy atom. The number of benzene rings is 1. The Bertz CT molecular complexity index is 795. The minimum atomic E-state index is -0.672. The van der Waals surface area contributed by atoms with Crippen molar-refractivity contribution in [2.75, 3.05) is 18.0 Å². The van der Waals surface area contributed by atoms with Gasteiger partial charge in [0, 0.05) is 27.2 Å². The lowest BCUT2D eigenvalue weighted by Gasteiger charge is -2.24. The summed E-state index contributed by atoms with van der Waals surface area (Å²) >= 11 is 11.7. The number of hydrogen-bond donors (Lipinski definition) is 0. The molecule has 0 saturated heterocycles. The maximum Gasteiger partial charge on any atom is 0.346 e. The standard InChI is InChI=1S/C16H13Cl2NO3/c1-10(17)7-19(8-11(2)18)14-4-3-12-5-13(9-20)16(21)22-15(12)6-14/h3-6,9H,1-2,7-8H2. The third-order valence-electron chi connectivity index (χ3n) is 2.96. The number of carbonyl (C=O) groups is 1. The minimum absolute atomic E-state index is 0.0135. The van der Waals surface area contributed by atoms with Crippen LogP contribution in [0, 0.1) is 0 Å². The molecule has 114 valence electrons. The van der Waals surface area contributed by atoms with Gasteiger partial charge in [0.1, 0.15) is 11.1 Å². The highest BCUT2D eigenvalue weighted by Crippen LogP contribution is 2.24. The second-order valence-electron chi connectivity index (χ2n) is 4.72. The number of rotatable bonds is 6. The van der Waals surface area contributed by atoms with Crippen LogP contribution in [0.25, 0.3) is 11.0 Å². The number of anilines is 1. The van der Waals surface area contributed by atoms with Gasteiger partial charge in [-0.15, -0.1) is 0 Å². The lowest BCUT2D eigenvalue weighted by Crippen LogP contribution is -2.25. The maximum absolute atomic E-state index is 11.6. The van der Waals surface area contributed by atoms with Crippen molar-refractivity contribution >= 4 is 46.1 Å². The van der Waals surface area contributed by atoms with E-state index in [1.165, 1.54) is 6.07 Å². The predicted octanol–water partition coefficient (Wildman–Crippen LogP) is 3.92. The van der Waals surface area contributed by atoms with E-state index < -0.39 is 5.63 Å². The molecule has 1 heterocycles. The van der Waals surface area contributed by atoms with E-state index in [1.54, 1.807) is 12.1 Å². The Kier molecular flexibility index (Phi) is 5.06. The lowest BCUT2D eigenvalue weighted by atomic mass is 10.1. The van der Waals surface area contributed by atoms with Crippen LogP contribution in [0.2, 0.25) is 0 Å². The van der Waals surface area contributed by atoms with E-state index in [9.17, 15) is 9.59 Å². The Hall–Kier alpha value is -2.04. The molecule has 0 N–H and O–H groups in total. The Labute approximate surface area is 137 Å². The first-order chi connectivity index (χ1) is 10.4. The second kappa shape index (κ2) is 6.81. The zero-order chi connectivity index (χ0) is 16.3.